The van der Waals surface area contributed by atoms with Crippen LogP contribution >= 0.6 is 11.6 Å². The highest BCUT2D eigenvalue weighted by molar-refractivity contribution is 6.30. The molecule has 0 aliphatic carbocycles. The molecule has 3 rings (SSSR count). The van der Waals surface area contributed by atoms with E-state index in [1.54, 1.807) is 31.2 Å². The first-order chi connectivity index (χ1) is 12.2. The molecule has 1 aliphatic heterocycles. The monoisotopic (exact) mass is 373 g/mol. The topological polar surface area (TPSA) is 47.6 Å². The van der Waals surface area contributed by atoms with Crippen LogP contribution in [0.5, 0.6) is 11.5 Å². The minimum atomic E-state index is -0.615. The second-order valence-corrected chi connectivity index (χ2v) is 7.82. The number of hydrogen-bond acceptors (Lipinski definition) is 3. The summed E-state index contributed by atoms with van der Waals surface area (Å²) in [5.74, 6) is 1.28. The minimum absolute atomic E-state index is 0.113. The van der Waals surface area contributed by atoms with Crippen LogP contribution in [-0.4, -0.2) is 17.6 Å². The fourth-order valence-corrected chi connectivity index (χ4v) is 3.27. The van der Waals surface area contributed by atoms with Crippen LogP contribution in [0.1, 0.15) is 44.4 Å². The molecule has 0 radical (unpaired) electrons. The first kappa shape index (κ1) is 18.6. The van der Waals surface area contributed by atoms with Crippen LogP contribution in [0.4, 0.5) is 0 Å². The molecule has 0 unspecified atom stereocenters. The van der Waals surface area contributed by atoms with Crippen LogP contribution < -0.4 is 14.8 Å². The third kappa shape index (κ3) is 4.31. The summed E-state index contributed by atoms with van der Waals surface area (Å²) in [4.78, 5) is 12.7. The number of carbonyl (C=O) groups is 1. The molecule has 1 heterocycles. The van der Waals surface area contributed by atoms with Crippen molar-refractivity contribution in [2.45, 2.75) is 51.9 Å². The lowest BCUT2D eigenvalue weighted by Gasteiger charge is -2.38. The molecule has 1 amide bonds. The Balaban J connectivity index is 1.73. The third-order valence-corrected chi connectivity index (χ3v) is 4.69. The summed E-state index contributed by atoms with van der Waals surface area (Å²) in [7, 11) is 0. The molecular weight excluding hydrogens is 350 g/mol. The predicted octanol–water partition coefficient (Wildman–Crippen LogP) is 4.83. The van der Waals surface area contributed by atoms with Crippen LogP contribution in [-0.2, 0) is 4.79 Å². The van der Waals surface area contributed by atoms with Crippen LogP contribution in [0.2, 0.25) is 5.02 Å². The SMILES string of the molecule is Cc1ccc2c(c1)OC(C)(C)C[C@H]2NC(=O)[C@H](C)Oc1ccc(Cl)cc1. The van der Waals surface area contributed by atoms with Gasteiger partial charge in [0.1, 0.15) is 17.1 Å². The summed E-state index contributed by atoms with van der Waals surface area (Å²) in [6.45, 7) is 7.83. The maximum Gasteiger partial charge on any atom is 0.261 e. The zero-order valence-corrected chi connectivity index (χ0v) is 16.3. The summed E-state index contributed by atoms with van der Waals surface area (Å²) >= 11 is 5.88. The van der Waals surface area contributed by atoms with Gasteiger partial charge >= 0.3 is 0 Å². The molecule has 0 saturated heterocycles. The Hall–Kier alpha value is -2.20. The van der Waals surface area contributed by atoms with Crippen LogP contribution in [0, 0.1) is 6.92 Å². The van der Waals surface area contributed by atoms with Gasteiger partial charge < -0.3 is 14.8 Å². The van der Waals surface area contributed by atoms with Gasteiger partial charge in [0.2, 0.25) is 0 Å². The van der Waals surface area contributed by atoms with Crippen molar-refractivity contribution in [3.8, 4) is 11.5 Å². The molecule has 0 bridgehead atoms. The minimum Gasteiger partial charge on any atom is -0.487 e. The molecule has 1 N–H and O–H groups in total. The van der Waals surface area contributed by atoms with Crippen LogP contribution in [0.3, 0.4) is 0 Å². The molecule has 2 aromatic rings. The molecule has 2 atom stereocenters. The number of benzene rings is 2. The van der Waals surface area contributed by atoms with E-state index in [4.69, 9.17) is 21.1 Å². The average molecular weight is 374 g/mol. The Labute approximate surface area is 159 Å². The van der Waals surface area contributed by atoms with Crippen molar-refractivity contribution in [1.29, 1.82) is 0 Å². The van der Waals surface area contributed by atoms with Gasteiger partial charge in [-0.3, -0.25) is 4.79 Å². The molecule has 138 valence electrons. The summed E-state index contributed by atoms with van der Waals surface area (Å²) in [6, 6.07) is 12.9. The van der Waals surface area contributed by atoms with Crippen molar-refractivity contribution in [2.75, 3.05) is 0 Å². The molecule has 0 saturated carbocycles. The first-order valence-electron chi connectivity index (χ1n) is 8.76. The van der Waals surface area contributed by atoms with E-state index in [1.807, 2.05) is 39.0 Å². The number of hydrogen-bond donors (Lipinski definition) is 1. The van der Waals surface area contributed by atoms with Crippen molar-refractivity contribution in [2.24, 2.45) is 0 Å². The summed E-state index contributed by atoms with van der Waals surface area (Å²) in [5, 5.41) is 3.74. The zero-order valence-electron chi connectivity index (χ0n) is 15.5. The van der Waals surface area contributed by atoms with Gasteiger partial charge in [-0.1, -0.05) is 23.7 Å². The van der Waals surface area contributed by atoms with Crippen molar-refractivity contribution in [1.82, 2.24) is 5.32 Å². The Morgan fingerprint density at radius 3 is 2.65 bits per heavy atom. The molecule has 1 aliphatic rings. The number of ether oxygens (including phenoxy) is 2. The maximum absolute atomic E-state index is 12.7. The predicted molar refractivity (Wildman–Crippen MR) is 103 cm³/mol. The third-order valence-electron chi connectivity index (χ3n) is 4.44. The van der Waals surface area contributed by atoms with Gasteiger partial charge in [0, 0.05) is 17.0 Å². The van der Waals surface area contributed by atoms with Crippen molar-refractivity contribution in [3.05, 3.63) is 58.6 Å². The van der Waals surface area contributed by atoms with Crippen molar-refractivity contribution < 1.29 is 14.3 Å². The van der Waals surface area contributed by atoms with Gasteiger partial charge in [-0.15, -0.1) is 0 Å². The average Bonchev–Trinajstić information content (AvgIpc) is 2.55. The molecule has 2 aromatic carbocycles. The molecule has 26 heavy (non-hydrogen) atoms. The van der Waals surface area contributed by atoms with Crippen molar-refractivity contribution >= 4 is 17.5 Å². The standard InChI is InChI=1S/C21H24ClNO3/c1-13-5-10-17-18(12-21(3,4)26-19(17)11-13)23-20(24)14(2)25-16-8-6-15(22)7-9-16/h5-11,14,18H,12H2,1-4H3,(H,23,24)/t14-,18+/m0/s1. The molecule has 4 nitrogen and oxygen atoms in total. The van der Waals surface area contributed by atoms with E-state index in [1.165, 1.54) is 0 Å². The quantitative estimate of drug-likeness (QED) is 0.834. The lowest BCUT2D eigenvalue weighted by molar-refractivity contribution is -0.128. The van der Waals surface area contributed by atoms with E-state index in [-0.39, 0.29) is 17.6 Å². The fourth-order valence-electron chi connectivity index (χ4n) is 3.15. The van der Waals surface area contributed by atoms with Gasteiger partial charge in [-0.25, -0.2) is 0 Å². The maximum atomic E-state index is 12.7. The smallest absolute Gasteiger partial charge is 0.261 e. The molecule has 0 spiro atoms. The highest BCUT2D eigenvalue weighted by Gasteiger charge is 2.35. The van der Waals surface area contributed by atoms with Gasteiger partial charge in [0.15, 0.2) is 6.10 Å². The van der Waals surface area contributed by atoms with Crippen LogP contribution in [0.15, 0.2) is 42.5 Å². The van der Waals surface area contributed by atoms with E-state index >= 15 is 0 Å². The number of fused-ring (bicyclic) bond motifs is 1. The van der Waals surface area contributed by atoms with E-state index < -0.39 is 6.10 Å². The molecule has 0 aromatic heterocycles. The van der Waals surface area contributed by atoms with Gasteiger partial charge in [-0.2, -0.15) is 0 Å². The summed E-state index contributed by atoms with van der Waals surface area (Å²) in [6.07, 6.45) is 0.0821. The molecule has 5 heteroatoms. The van der Waals surface area contributed by atoms with E-state index in [0.29, 0.717) is 17.2 Å². The highest BCUT2D eigenvalue weighted by Crippen LogP contribution is 2.39. The largest absolute Gasteiger partial charge is 0.487 e. The number of nitrogens with one attached hydrogen (secondary N) is 1. The normalized spacial score (nSPS) is 19.0. The van der Waals surface area contributed by atoms with Gasteiger partial charge in [0.05, 0.1) is 6.04 Å². The van der Waals surface area contributed by atoms with Crippen LogP contribution in [0.25, 0.3) is 0 Å². The zero-order chi connectivity index (χ0) is 18.9. The Morgan fingerprint density at radius 1 is 1.27 bits per heavy atom. The first-order valence-corrected chi connectivity index (χ1v) is 9.13. The lowest BCUT2D eigenvalue weighted by Crippen LogP contribution is -2.44. The van der Waals surface area contributed by atoms with Crippen molar-refractivity contribution in [3.63, 3.8) is 0 Å². The summed E-state index contributed by atoms with van der Waals surface area (Å²) in [5.41, 5.74) is 1.78. The molecule has 0 fully saturated rings. The van der Waals surface area contributed by atoms with E-state index in [2.05, 4.69) is 5.32 Å². The number of halogens is 1. The highest BCUT2D eigenvalue weighted by atomic mass is 35.5. The fraction of sp³-hybridized carbons (Fsp3) is 0.381. The van der Waals surface area contributed by atoms with E-state index in [9.17, 15) is 4.79 Å². The summed E-state index contributed by atoms with van der Waals surface area (Å²) < 4.78 is 11.8. The Bertz CT molecular complexity index is 801. The number of amides is 1. The Kier molecular flexibility index (Phi) is 5.15. The number of rotatable bonds is 4. The van der Waals surface area contributed by atoms with Gasteiger partial charge in [0.25, 0.3) is 5.91 Å². The second kappa shape index (κ2) is 7.20. The molecular formula is C21H24ClNO3. The lowest BCUT2D eigenvalue weighted by atomic mass is 9.89. The number of aryl methyl sites for hydroxylation is 1. The van der Waals surface area contributed by atoms with Gasteiger partial charge in [-0.05, 0) is 63.6 Å². The second-order valence-electron chi connectivity index (χ2n) is 7.38. The van der Waals surface area contributed by atoms with E-state index in [0.717, 1.165) is 16.9 Å². The number of carbonyl (C=O) groups excluding carboxylic acids is 1. The Morgan fingerprint density at radius 2 is 1.96 bits per heavy atom.